The zero-order valence-electron chi connectivity index (χ0n) is 14.5. The molecule has 2 aromatic rings. The van der Waals surface area contributed by atoms with Crippen LogP contribution in [0, 0.1) is 0 Å². The largest absolute Gasteiger partial charge is 0.326 e. The topological polar surface area (TPSA) is 133 Å². The van der Waals surface area contributed by atoms with Crippen molar-refractivity contribution in [2.24, 2.45) is 0 Å². The third kappa shape index (κ3) is 5.88. The first-order valence-electron chi connectivity index (χ1n) is 7.73. The van der Waals surface area contributed by atoms with Crippen LogP contribution in [0.1, 0.15) is 23.5 Å². The molecule has 0 unspecified atom stereocenters. The van der Waals surface area contributed by atoms with Gasteiger partial charge in [0.1, 0.15) is 0 Å². The fourth-order valence-corrected chi connectivity index (χ4v) is 3.79. The van der Waals surface area contributed by atoms with Crippen LogP contribution in [-0.4, -0.2) is 32.2 Å². The minimum atomic E-state index is -3.97. The van der Waals surface area contributed by atoms with Crippen molar-refractivity contribution in [1.29, 1.82) is 0 Å². The maximum Gasteiger partial charge on any atom is 0.279 e. The first kappa shape index (κ1) is 20.6. The second-order valence-electron chi connectivity index (χ2n) is 5.47. The fraction of sp³-hybridized carbons (Fsp3) is 0.188. The Balaban J connectivity index is 1.94. The van der Waals surface area contributed by atoms with Gasteiger partial charge in [-0.2, -0.15) is 4.72 Å². The van der Waals surface area contributed by atoms with Gasteiger partial charge in [0.15, 0.2) is 0 Å². The lowest BCUT2D eigenvalue weighted by molar-refractivity contribution is -0.123. The van der Waals surface area contributed by atoms with Crippen LogP contribution in [0.15, 0.2) is 46.7 Å². The highest BCUT2D eigenvalue weighted by atomic mass is 32.2. The highest BCUT2D eigenvalue weighted by molar-refractivity contribution is 7.89. The van der Waals surface area contributed by atoms with Gasteiger partial charge in [-0.3, -0.25) is 25.2 Å². The number of benzene rings is 1. The zero-order valence-corrected chi connectivity index (χ0v) is 16.1. The van der Waals surface area contributed by atoms with Crippen LogP contribution >= 0.6 is 11.3 Å². The summed E-state index contributed by atoms with van der Waals surface area (Å²) in [6, 6.07) is 7.61. The van der Waals surface area contributed by atoms with E-state index in [0.717, 1.165) is 0 Å². The predicted octanol–water partition coefficient (Wildman–Crippen LogP) is 0.834. The molecule has 2 rings (SSSR count). The van der Waals surface area contributed by atoms with Gasteiger partial charge in [-0.1, -0.05) is 6.07 Å². The Hall–Kier alpha value is -2.76. The average Bonchev–Trinajstić information content (AvgIpc) is 3.13. The Morgan fingerprint density at radius 1 is 1.04 bits per heavy atom. The monoisotopic (exact) mass is 410 g/mol. The third-order valence-electron chi connectivity index (χ3n) is 3.25. The summed E-state index contributed by atoms with van der Waals surface area (Å²) in [6.07, 6.45) is 0. The summed E-state index contributed by atoms with van der Waals surface area (Å²) < 4.78 is 26.9. The van der Waals surface area contributed by atoms with Gasteiger partial charge in [0, 0.05) is 12.6 Å². The second-order valence-corrected chi connectivity index (χ2v) is 8.13. The van der Waals surface area contributed by atoms with Crippen LogP contribution in [0.4, 0.5) is 5.69 Å². The van der Waals surface area contributed by atoms with E-state index in [1.807, 2.05) is 0 Å². The zero-order chi connectivity index (χ0) is 20.0. The lowest BCUT2D eigenvalue weighted by Gasteiger charge is -2.15. The molecule has 0 radical (unpaired) electrons. The van der Waals surface area contributed by atoms with E-state index >= 15 is 0 Å². The highest BCUT2D eigenvalue weighted by Gasteiger charge is 2.22. The van der Waals surface area contributed by atoms with Crippen molar-refractivity contribution in [3.05, 3.63) is 46.7 Å². The lowest BCUT2D eigenvalue weighted by Crippen LogP contribution is -2.50. The van der Waals surface area contributed by atoms with E-state index in [4.69, 9.17) is 0 Å². The molecule has 0 spiro atoms. The number of hydrazine groups is 1. The molecule has 9 nitrogen and oxygen atoms in total. The number of thiophene rings is 1. The summed E-state index contributed by atoms with van der Waals surface area (Å²) in [4.78, 5) is 35.1. The van der Waals surface area contributed by atoms with Crippen LogP contribution in [0.25, 0.3) is 0 Å². The summed E-state index contributed by atoms with van der Waals surface area (Å²) >= 11 is 1.20. The van der Waals surface area contributed by atoms with Gasteiger partial charge in [-0.25, -0.2) is 8.42 Å². The van der Waals surface area contributed by atoms with Gasteiger partial charge in [0.05, 0.1) is 15.8 Å². The average molecular weight is 410 g/mol. The minimum Gasteiger partial charge on any atom is -0.326 e. The quantitative estimate of drug-likeness (QED) is 0.524. The Morgan fingerprint density at radius 3 is 2.26 bits per heavy atom. The molecule has 27 heavy (non-hydrogen) atoms. The molecule has 1 atom stereocenters. The molecule has 0 saturated carbocycles. The Kier molecular flexibility index (Phi) is 6.66. The smallest absolute Gasteiger partial charge is 0.279 e. The van der Waals surface area contributed by atoms with Crippen LogP contribution < -0.4 is 20.9 Å². The molecule has 0 aliphatic carbocycles. The SMILES string of the molecule is CC(=O)Nc1ccc(S(=O)(=O)N[C@@H](C)C(=O)NNC(=O)c2cccs2)cc1. The summed E-state index contributed by atoms with van der Waals surface area (Å²) in [5.74, 6) is -1.50. The molecule has 1 aromatic carbocycles. The summed E-state index contributed by atoms with van der Waals surface area (Å²) in [7, 11) is -3.97. The molecule has 144 valence electrons. The maximum atomic E-state index is 12.3. The molecule has 0 aliphatic heterocycles. The Labute approximate surface area is 160 Å². The summed E-state index contributed by atoms with van der Waals surface area (Å²) in [5.41, 5.74) is 4.83. The molecule has 0 aliphatic rings. The van der Waals surface area contributed by atoms with E-state index in [-0.39, 0.29) is 10.8 Å². The minimum absolute atomic E-state index is 0.0705. The number of nitrogens with one attached hydrogen (secondary N) is 4. The van der Waals surface area contributed by atoms with Crippen molar-refractivity contribution in [1.82, 2.24) is 15.6 Å². The number of sulfonamides is 1. The number of carbonyl (C=O) groups excluding carboxylic acids is 3. The first-order valence-corrected chi connectivity index (χ1v) is 10.1. The second kappa shape index (κ2) is 8.75. The highest BCUT2D eigenvalue weighted by Crippen LogP contribution is 2.14. The van der Waals surface area contributed by atoms with Gasteiger partial charge in [0.2, 0.25) is 15.9 Å². The number of carbonyl (C=O) groups is 3. The van der Waals surface area contributed by atoms with Crippen molar-refractivity contribution in [2.75, 3.05) is 5.32 Å². The van der Waals surface area contributed by atoms with E-state index < -0.39 is 27.9 Å². The molecule has 1 heterocycles. The predicted molar refractivity (Wildman–Crippen MR) is 100 cm³/mol. The third-order valence-corrected chi connectivity index (χ3v) is 5.68. The molecule has 0 saturated heterocycles. The first-order chi connectivity index (χ1) is 12.7. The summed E-state index contributed by atoms with van der Waals surface area (Å²) in [6.45, 7) is 2.68. The fourth-order valence-electron chi connectivity index (χ4n) is 1.97. The molecule has 4 N–H and O–H groups in total. The number of rotatable bonds is 6. The molecule has 0 fully saturated rings. The van der Waals surface area contributed by atoms with E-state index in [1.54, 1.807) is 17.5 Å². The van der Waals surface area contributed by atoms with E-state index in [1.165, 1.54) is 49.4 Å². The Bertz CT molecular complexity index is 924. The van der Waals surface area contributed by atoms with Crippen molar-refractivity contribution in [3.63, 3.8) is 0 Å². The number of hydrogen-bond acceptors (Lipinski definition) is 6. The summed E-state index contributed by atoms with van der Waals surface area (Å²) in [5, 5.41) is 4.24. The van der Waals surface area contributed by atoms with Crippen molar-refractivity contribution in [2.45, 2.75) is 24.8 Å². The van der Waals surface area contributed by atoms with Gasteiger partial charge >= 0.3 is 0 Å². The molecular formula is C16H18N4O5S2. The van der Waals surface area contributed by atoms with Crippen LogP contribution in [0.2, 0.25) is 0 Å². The molecule has 11 heteroatoms. The van der Waals surface area contributed by atoms with Gasteiger partial charge in [-0.05, 0) is 42.6 Å². The Morgan fingerprint density at radius 2 is 1.70 bits per heavy atom. The standard InChI is InChI=1S/C16H18N4O5S2/c1-10(15(22)18-19-16(23)14-4-3-9-26-14)20-27(24,25)13-7-5-12(6-8-13)17-11(2)21/h3-10,20H,1-2H3,(H,17,21)(H,18,22)(H,19,23)/t10-/m0/s1. The lowest BCUT2D eigenvalue weighted by atomic mass is 10.3. The van der Waals surface area contributed by atoms with Gasteiger partial charge < -0.3 is 5.32 Å². The molecule has 1 aromatic heterocycles. The number of amides is 3. The molecule has 3 amide bonds. The van der Waals surface area contributed by atoms with E-state index in [9.17, 15) is 22.8 Å². The van der Waals surface area contributed by atoms with Crippen molar-refractivity contribution >= 4 is 44.8 Å². The van der Waals surface area contributed by atoms with Crippen LogP contribution in [0.5, 0.6) is 0 Å². The maximum absolute atomic E-state index is 12.3. The van der Waals surface area contributed by atoms with E-state index in [0.29, 0.717) is 10.6 Å². The van der Waals surface area contributed by atoms with Crippen LogP contribution in [-0.2, 0) is 19.6 Å². The van der Waals surface area contributed by atoms with Crippen molar-refractivity contribution in [3.8, 4) is 0 Å². The van der Waals surface area contributed by atoms with Gasteiger partial charge in [-0.15, -0.1) is 11.3 Å². The van der Waals surface area contributed by atoms with Crippen LogP contribution in [0.3, 0.4) is 0 Å². The molecular weight excluding hydrogens is 392 g/mol. The van der Waals surface area contributed by atoms with Crippen molar-refractivity contribution < 1.29 is 22.8 Å². The normalized spacial score (nSPS) is 12.1. The van der Waals surface area contributed by atoms with E-state index in [2.05, 4.69) is 20.9 Å². The van der Waals surface area contributed by atoms with Gasteiger partial charge in [0.25, 0.3) is 11.8 Å². The number of hydrogen-bond donors (Lipinski definition) is 4. The number of anilines is 1. The molecule has 0 bridgehead atoms.